The van der Waals surface area contributed by atoms with Crippen molar-refractivity contribution >= 4 is 5.96 Å². The summed E-state index contributed by atoms with van der Waals surface area (Å²) in [5, 5.41) is 7.25. The molecule has 1 aromatic heterocycles. The van der Waals surface area contributed by atoms with E-state index in [0.717, 1.165) is 70.1 Å². The summed E-state index contributed by atoms with van der Waals surface area (Å²) < 4.78 is 10.9. The molecule has 2 N–H and O–H groups in total. The van der Waals surface area contributed by atoms with Gasteiger partial charge in [-0.2, -0.15) is 0 Å². The monoisotopic (exact) mass is 417 g/mol. The predicted octanol–water partition coefficient (Wildman–Crippen LogP) is 2.10. The van der Waals surface area contributed by atoms with Gasteiger partial charge in [-0.3, -0.25) is 9.89 Å². The first-order valence-electron chi connectivity index (χ1n) is 12.0. The van der Waals surface area contributed by atoms with Crippen LogP contribution in [-0.2, 0) is 11.2 Å². The fourth-order valence-electron chi connectivity index (χ4n) is 4.91. The molecule has 3 fully saturated rings. The smallest absolute Gasteiger partial charge is 0.191 e. The highest BCUT2D eigenvalue weighted by atomic mass is 16.5. The van der Waals surface area contributed by atoms with Crippen LogP contribution in [-0.4, -0.2) is 86.9 Å². The molecule has 0 bridgehead atoms. The van der Waals surface area contributed by atoms with Crippen LogP contribution in [0.1, 0.15) is 44.3 Å². The zero-order chi connectivity index (χ0) is 20.4. The van der Waals surface area contributed by atoms with Crippen LogP contribution in [0.5, 0.6) is 0 Å². The zero-order valence-corrected chi connectivity index (χ0v) is 18.4. The minimum atomic E-state index is 0.515. The van der Waals surface area contributed by atoms with Gasteiger partial charge >= 0.3 is 0 Å². The van der Waals surface area contributed by atoms with Gasteiger partial charge in [-0.15, -0.1) is 0 Å². The van der Waals surface area contributed by atoms with Crippen molar-refractivity contribution in [3.8, 4) is 0 Å². The van der Waals surface area contributed by atoms with E-state index in [9.17, 15) is 0 Å². The molecule has 4 rings (SSSR count). The number of hydrogen-bond acceptors (Lipinski definition) is 5. The van der Waals surface area contributed by atoms with Crippen molar-refractivity contribution in [2.24, 2.45) is 4.99 Å². The van der Waals surface area contributed by atoms with Crippen LogP contribution < -0.4 is 10.6 Å². The third kappa shape index (κ3) is 6.72. The number of nitrogens with zero attached hydrogens (tertiary/aromatic N) is 3. The number of likely N-dealkylation sites (tertiary alicyclic amines) is 1. The van der Waals surface area contributed by atoms with Crippen molar-refractivity contribution in [3.63, 3.8) is 0 Å². The molecule has 168 valence electrons. The molecular formula is C23H39N5O2. The number of rotatable bonds is 8. The van der Waals surface area contributed by atoms with Crippen LogP contribution in [0.4, 0.5) is 0 Å². The minimum Gasteiger partial charge on any atom is -0.469 e. The largest absolute Gasteiger partial charge is 0.469 e. The molecule has 3 heterocycles. The van der Waals surface area contributed by atoms with Crippen molar-refractivity contribution in [1.82, 2.24) is 20.4 Å². The molecule has 3 aliphatic rings. The van der Waals surface area contributed by atoms with Gasteiger partial charge in [0.1, 0.15) is 5.76 Å². The summed E-state index contributed by atoms with van der Waals surface area (Å²) in [6.45, 7) is 8.80. The van der Waals surface area contributed by atoms with Gasteiger partial charge in [0.25, 0.3) is 0 Å². The molecule has 0 radical (unpaired) electrons. The van der Waals surface area contributed by atoms with Crippen LogP contribution in [0.3, 0.4) is 0 Å². The summed E-state index contributed by atoms with van der Waals surface area (Å²) in [7, 11) is 0. The molecule has 7 heteroatoms. The second-order valence-electron chi connectivity index (χ2n) is 8.83. The highest BCUT2D eigenvalue weighted by molar-refractivity contribution is 5.80. The second kappa shape index (κ2) is 11.7. The van der Waals surface area contributed by atoms with E-state index in [1.165, 1.54) is 51.6 Å². The number of ether oxygens (including phenoxy) is 1. The van der Waals surface area contributed by atoms with Crippen LogP contribution >= 0.6 is 0 Å². The van der Waals surface area contributed by atoms with Gasteiger partial charge in [0.15, 0.2) is 5.96 Å². The highest BCUT2D eigenvalue weighted by Crippen LogP contribution is 2.26. The molecule has 7 nitrogen and oxygen atoms in total. The van der Waals surface area contributed by atoms with Gasteiger partial charge in [0.2, 0.25) is 0 Å². The van der Waals surface area contributed by atoms with E-state index in [1.54, 1.807) is 6.26 Å². The van der Waals surface area contributed by atoms with Crippen LogP contribution in [0, 0.1) is 0 Å². The summed E-state index contributed by atoms with van der Waals surface area (Å²) in [6, 6.07) is 5.34. The topological polar surface area (TPSA) is 65.3 Å². The lowest BCUT2D eigenvalue weighted by molar-refractivity contribution is 0.0394. The quantitative estimate of drug-likeness (QED) is 0.499. The van der Waals surface area contributed by atoms with Crippen molar-refractivity contribution in [3.05, 3.63) is 24.2 Å². The van der Waals surface area contributed by atoms with Crippen molar-refractivity contribution < 1.29 is 9.15 Å². The van der Waals surface area contributed by atoms with E-state index in [0.29, 0.717) is 6.04 Å². The Hall–Kier alpha value is -1.57. The lowest BCUT2D eigenvalue weighted by atomic mass is 10.0. The van der Waals surface area contributed by atoms with Gasteiger partial charge < -0.3 is 24.7 Å². The number of aliphatic imine (C=N–C) groups is 1. The van der Waals surface area contributed by atoms with Crippen molar-refractivity contribution in [2.75, 3.05) is 59.0 Å². The number of furan rings is 1. The van der Waals surface area contributed by atoms with Crippen molar-refractivity contribution in [2.45, 2.75) is 57.0 Å². The Kier molecular flexibility index (Phi) is 8.46. The molecule has 1 aromatic rings. The first kappa shape index (κ1) is 21.7. The average Bonchev–Trinajstić information content (AvgIpc) is 3.49. The normalized spacial score (nSPS) is 23.1. The Morgan fingerprint density at radius 3 is 2.60 bits per heavy atom. The van der Waals surface area contributed by atoms with Gasteiger partial charge in [0.05, 0.1) is 26.0 Å². The summed E-state index contributed by atoms with van der Waals surface area (Å²) in [4.78, 5) is 10.1. The van der Waals surface area contributed by atoms with Gasteiger partial charge in [-0.05, 0) is 37.8 Å². The second-order valence-corrected chi connectivity index (χ2v) is 8.83. The molecule has 1 saturated carbocycles. The lowest BCUT2D eigenvalue weighted by Crippen LogP contribution is -2.50. The fourth-order valence-corrected chi connectivity index (χ4v) is 4.91. The van der Waals surface area contributed by atoms with E-state index in [2.05, 4.69) is 20.4 Å². The summed E-state index contributed by atoms with van der Waals surface area (Å²) >= 11 is 0. The number of guanidine groups is 1. The van der Waals surface area contributed by atoms with Crippen molar-refractivity contribution in [1.29, 1.82) is 0 Å². The Balaban J connectivity index is 1.24. The maximum absolute atomic E-state index is 5.46. The van der Waals surface area contributed by atoms with Crippen LogP contribution in [0.25, 0.3) is 0 Å². The minimum absolute atomic E-state index is 0.515. The highest BCUT2D eigenvalue weighted by Gasteiger charge is 2.27. The molecule has 1 aliphatic carbocycles. The van der Waals surface area contributed by atoms with Gasteiger partial charge in [-0.25, -0.2) is 0 Å². The van der Waals surface area contributed by atoms with E-state index >= 15 is 0 Å². The number of morpholine rings is 1. The Morgan fingerprint density at radius 1 is 1.07 bits per heavy atom. The van der Waals surface area contributed by atoms with Gasteiger partial charge in [-0.1, -0.05) is 12.8 Å². The molecule has 0 unspecified atom stereocenters. The first-order chi connectivity index (χ1) is 14.9. The molecule has 30 heavy (non-hydrogen) atoms. The summed E-state index contributed by atoms with van der Waals surface area (Å²) in [5.41, 5.74) is 0. The lowest BCUT2D eigenvalue weighted by Gasteiger charge is -2.36. The summed E-state index contributed by atoms with van der Waals surface area (Å²) in [6.07, 6.45) is 10.7. The maximum atomic E-state index is 5.46. The Labute approximate surface area is 181 Å². The molecule has 0 aromatic carbocycles. The van der Waals surface area contributed by atoms with Crippen LogP contribution in [0.15, 0.2) is 27.8 Å². The maximum Gasteiger partial charge on any atom is 0.191 e. The third-order valence-electron chi connectivity index (χ3n) is 6.75. The number of piperidine rings is 1. The summed E-state index contributed by atoms with van der Waals surface area (Å²) in [5.74, 6) is 1.97. The molecule has 2 aliphatic heterocycles. The number of hydrogen-bond donors (Lipinski definition) is 2. The Bertz CT molecular complexity index is 616. The van der Waals surface area contributed by atoms with E-state index in [1.807, 2.05) is 12.1 Å². The van der Waals surface area contributed by atoms with Gasteiger partial charge in [0, 0.05) is 57.8 Å². The standard InChI is InChI=1S/C23H39N5O2/c1-2-5-21(4-1)28-12-8-20(9-13-28)26-23(24-10-7-22-6-3-17-30-22)25-11-14-27-15-18-29-19-16-27/h3,6,17,20-21H,1-2,4-5,7-16,18-19H2,(H2,24,25,26). The molecule has 2 saturated heterocycles. The number of nitrogens with one attached hydrogen (secondary N) is 2. The van der Waals surface area contributed by atoms with E-state index in [-0.39, 0.29) is 0 Å². The van der Waals surface area contributed by atoms with E-state index in [4.69, 9.17) is 14.1 Å². The SMILES string of the molecule is c1coc(CCNC(=NCCN2CCOCC2)NC2CCN(C3CCCC3)CC2)c1. The average molecular weight is 418 g/mol. The predicted molar refractivity (Wildman–Crippen MR) is 120 cm³/mol. The molecular weight excluding hydrogens is 378 g/mol. The van der Waals surface area contributed by atoms with Crippen LogP contribution in [0.2, 0.25) is 0 Å². The molecule has 0 spiro atoms. The van der Waals surface area contributed by atoms with E-state index < -0.39 is 0 Å². The fraction of sp³-hybridized carbons (Fsp3) is 0.783. The molecule has 0 atom stereocenters. The molecule has 0 amide bonds. The zero-order valence-electron chi connectivity index (χ0n) is 18.4. The Morgan fingerprint density at radius 2 is 1.87 bits per heavy atom. The third-order valence-corrected chi connectivity index (χ3v) is 6.75. The first-order valence-corrected chi connectivity index (χ1v) is 12.0.